The SMILES string of the molecule is COc1cccc2ccc(N3CC[C@@]4(CCCN(CCO)C4=O)C3)nc12. The number of para-hydroxylation sites is 1. The van der Waals surface area contributed by atoms with Crippen molar-refractivity contribution in [2.75, 3.05) is 44.8 Å². The van der Waals surface area contributed by atoms with E-state index in [9.17, 15) is 9.90 Å². The molecule has 0 radical (unpaired) electrons. The normalized spacial score (nSPS) is 23.2. The average Bonchev–Trinajstić information content (AvgIpc) is 3.10. The first-order chi connectivity index (χ1) is 12.7. The number of carbonyl (C=O) groups is 1. The molecule has 0 bridgehead atoms. The highest BCUT2D eigenvalue weighted by Gasteiger charge is 2.48. The van der Waals surface area contributed by atoms with Crippen LogP contribution in [0.4, 0.5) is 5.82 Å². The van der Waals surface area contributed by atoms with Crippen molar-refractivity contribution in [1.29, 1.82) is 0 Å². The van der Waals surface area contributed by atoms with Crippen molar-refractivity contribution in [3.05, 3.63) is 30.3 Å². The Hall–Kier alpha value is -2.34. The van der Waals surface area contributed by atoms with Gasteiger partial charge in [-0.15, -0.1) is 0 Å². The summed E-state index contributed by atoms with van der Waals surface area (Å²) in [5.41, 5.74) is 0.524. The van der Waals surface area contributed by atoms with Crippen molar-refractivity contribution >= 4 is 22.6 Å². The van der Waals surface area contributed by atoms with Gasteiger partial charge in [0.1, 0.15) is 17.1 Å². The Labute approximate surface area is 153 Å². The molecule has 2 saturated heterocycles. The first kappa shape index (κ1) is 17.1. The van der Waals surface area contributed by atoms with Gasteiger partial charge >= 0.3 is 0 Å². The molecule has 1 amide bonds. The number of aromatic nitrogens is 1. The quantitative estimate of drug-likeness (QED) is 0.909. The number of β-amino-alcohol motifs (C(OH)–C–C–N with tert-alkyl or cyclic N) is 1. The Morgan fingerprint density at radius 1 is 1.23 bits per heavy atom. The summed E-state index contributed by atoms with van der Waals surface area (Å²) in [4.78, 5) is 21.8. The summed E-state index contributed by atoms with van der Waals surface area (Å²) >= 11 is 0. The van der Waals surface area contributed by atoms with Crippen LogP contribution in [0.15, 0.2) is 30.3 Å². The first-order valence-electron chi connectivity index (χ1n) is 9.26. The number of nitrogens with zero attached hydrogens (tertiary/aromatic N) is 3. The number of rotatable bonds is 4. The molecule has 0 saturated carbocycles. The van der Waals surface area contributed by atoms with Crippen LogP contribution < -0.4 is 9.64 Å². The van der Waals surface area contributed by atoms with E-state index in [2.05, 4.69) is 11.0 Å². The maximum Gasteiger partial charge on any atom is 0.230 e. The third-order valence-electron chi connectivity index (χ3n) is 5.76. The highest BCUT2D eigenvalue weighted by molar-refractivity contribution is 5.87. The minimum Gasteiger partial charge on any atom is -0.494 e. The summed E-state index contributed by atoms with van der Waals surface area (Å²) in [6.45, 7) is 2.74. The van der Waals surface area contributed by atoms with Gasteiger partial charge in [-0.2, -0.15) is 0 Å². The van der Waals surface area contributed by atoms with Gasteiger partial charge in [0, 0.05) is 31.6 Å². The zero-order valence-electron chi connectivity index (χ0n) is 15.1. The molecule has 1 atom stereocenters. The second-order valence-electron chi connectivity index (χ2n) is 7.27. The summed E-state index contributed by atoms with van der Waals surface area (Å²) in [6.07, 6.45) is 2.76. The smallest absolute Gasteiger partial charge is 0.230 e. The van der Waals surface area contributed by atoms with Gasteiger partial charge in [0.2, 0.25) is 5.91 Å². The summed E-state index contributed by atoms with van der Waals surface area (Å²) in [5.74, 6) is 1.85. The van der Waals surface area contributed by atoms with Crippen molar-refractivity contribution in [2.24, 2.45) is 5.41 Å². The second kappa shape index (κ2) is 6.76. The van der Waals surface area contributed by atoms with Crippen LogP contribution in [0, 0.1) is 5.41 Å². The summed E-state index contributed by atoms with van der Waals surface area (Å²) in [5, 5.41) is 10.3. The Morgan fingerprint density at radius 2 is 2.12 bits per heavy atom. The van der Waals surface area contributed by atoms with Crippen molar-refractivity contribution in [3.63, 3.8) is 0 Å². The number of hydrogen-bond donors (Lipinski definition) is 1. The molecule has 2 fully saturated rings. The van der Waals surface area contributed by atoms with Gasteiger partial charge in [0.15, 0.2) is 0 Å². The standard InChI is InChI=1S/C20H25N3O3/c1-26-16-5-2-4-15-6-7-17(21-18(15)16)23-11-9-20(14-23)8-3-10-22(12-13-24)19(20)25/h2,4-7,24H,3,8-14H2,1H3/t20-/m0/s1. The lowest BCUT2D eigenvalue weighted by atomic mass is 9.78. The Balaban J connectivity index is 1.60. The molecular weight excluding hydrogens is 330 g/mol. The highest BCUT2D eigenvalue weighted by atomic mass is 16.5. The zero-order chi connectivity index (χ0) is 18.1. The van der Waals surface area contributed by atoms with E-state index in [1.54, 1.807) is 7.11 Å². The molecule has 4 rings (SSSR count). The van der Waals surface area contributed by atoms with Crippen molar-refractivity contribution in [2.45, 2.75) is 19.3 Å². The lowest BCUT2D eigenvalue weighted by Crippen LogP contribution is -2.50. The summed E-state index contributed by atoms with van der Waals surface area (Å²) in [6, 6.07) is 9.99. The number of likely N-dealkylation sites (tertiary alicyclic amines) is 1. The molecular formula is C20H25N3O3. The van der Waals surface area contributed by atoms with Gasteiger partial charge in [-0.05, 0) is 37.5 Å². The van der Waals surface area contributed by atoms with Crippen LogP contribution >= 0.6 is 0 Å². The largest absolute Gasteiger partial charge is 0.494 e. The van der Waals surface area contributed by atoms with E-state index >= 15 is 0 Å². The molecule has 3 heterocycles. The molecule has 138 valence electrons. The topological polar surface area (TPSA) is 65.9 Å². The Morgan fingerprint density at radius 3 is 2.92 bits per heavy atom. The number of carbonyl (C=O) groups excluding carboxylic acids is 1. The lowest BCUT2D eigenvalue weighted by Gasteiger charge is -2.39. The fraction of sp³-hybridized carbons (Fsp3) is 0.500. The van der Waals surface area contributed by atoms with Crippen molar-refractivity contribution in [3.8, 4) is 5.75 Å². The van der Waals surface area contributed by atoms with E-state index in [1.165, 1.54) is 0 Å². The van der Waals surface area contributed by atoms with E-state index in [1.807, 2.05) is 29.2 Å². The maximum atomic E-state index is 13.0. The van der Waals surface area contributed by atoms with Crippen LogP contribution in [0.5, 0.6) is 5.75 Å². The van der Waals surface area contributed by atoms with Crippen LogP contribution in [0.2, 0.25) is 0 Å². The number of pyridine rings is 1. The van der Waals surface area contributed by atoms with Gasteiger partial charge in [-0.25, -0.2) is 4.98 Å². The predicted molar refractivity (Wildman–Crippen MR) is 100 cm³/mol. The summed E-state index contributed by atoms with van der Waals surface area (Å²) in [7, 11) is 1.66. The molecule has 1 spiro atoms. The van der Waals surface area contributed by atoms with Crippen LogP contribution in [0.1, 0.15) is 19.3 Å². The van der Waals surface area contributed by atoms with Crippen LogP contribution in [-0.2, 0) is 4.79 Å². The number of fused-ring (bicyclic) bond motifs is 1. The minimum atomic E-state index is -0.329. The fourth-order valence-electron chi connectivity index (χ4n) is 4.38. The minimum absolute atomic E-state index is 0.0254. The first-order valence-corrected chi connectivity index (χ1v) is 9.26. The number of benzene rings is 1. The molecule has 26 heavy (non-hydrogen) atoms. The number of ether oxygens (including phenoxy) is 1. The fourth-order valence-corrected chi connectivity index (χ4v) is 4.38. The molecule has 0 unspecified atom stereocenters. The van der Waals surface area contributed by atoms with Gasteiger partial charge in [0.25, 0.3) is 0 Å². The zero-order valence-corrected chi connectivity index (χ0v) is 15.1. The van der Waals surface area contributed by atoms with Crippen LogP contribution in [0.25, 0.3) is 10.9 Å². The lowest BCUT2D eigenvalue weighted by molar-refractivity contribution is -0.145. The molecule has 1 N–H and O–H groups in total. The number of aliphatic hydroxyl groups is 1. The molecule has 2 aliphatic rings. The Bertz CT molecular complexity index is 823. The average molecular weight is 355 g/mol. The van der Waals surface area contributed by atoms with Gasteiger partial charge < -0.3 is 19.6 Å². The van der Waals surface area contributed by atoms with Gasteiger partial charge in [0.05, 0.1) is 19.1 Å². The van der Waals surface area contributed by atoms with Gasteiger partial charge in [-0.3, -0.25) is 4.79 Å². The maximum absolute atomic E-state index is 13.0. The third kappa shape index (κ3) is 2.78. The number of aliphatic hydroxyl groups excluding tert-OH is 1. The van der Waals surface area contributed by atoms with Crippen LogP contribution in [-0.4, -0.2) is 60.8 Å². The molecule has 2 aromatic rings. The number of hydrogen-bond acceptors (Lipinski definition) is 5. The van der Waals surface area contributed by atoms with Gasteiger partial charge in [-0.1, -0.05) is 12.1 Å². The van der Waals surface area contributed by atoms with Crippen LogP contribution in [0.3, 0.4) is 0 Å². The van der Waals surface area contributed by atoms with E-state index in [-0.39, 0.29) is 17.9 Å². The summed E-state index contributed by atoms with van der Waals surface area (Å²) < 4.78 is 5.45. The highest BCUT2D eigenvalue weighted by Crippen LogP contribution is 2.41. The van der Waals surface area contributed by atoms with Crippen molar-refractivity contribution < 1.29 is 14.6 Å². The monoisotopic (exact) mass is 355 g/mol. The molecule has 0 aliphatic carbocycles. The van der Waals surface area contributed by atoms with Crippen molar-refractivity contribution in [1.82, 2.24) is 9.88 Å². The number of piperidine rings is 1. The number of amides is 1. The van der Waals surface area contributed by atoms with E-state index < -0.39 is 0 Å². The number of anilines is 1. The third-order valence-corrected chi connectivity index (χ3v) is 5.76. The molecule has 6 heteroatoms. The molecule has 2 aliphatic heterocycles. The molecule has 1 aromatic carbocycles. The van der Waals surface area contributed by atoms with E-state index in [4.69, 9.17) is 9.72 Å². The van der Waals surface area contributed by atoms with E-state index in [0.29, 0.717) is 13.1 Å². The Kier molecular flexibility index (Phi) is 4.44. The second-order valence-corrected chi connectivity index (χ2v) is 7.27. The number of methoxy groups -OCH3 is 1. The molecule has 6 nitrogen and oxygen atoms in total. The predicted octanol–water partition coefficient (Wildman–Crippen LogP) is 2.05. The van der Waals surface area contributed by atoms with E-state index in [0.717, 1.165) is 54.8 Å². The molecule has 1 aromatic heterocycles.